The second-order valence-corrected chi connectivity index (χ2v) is 4.04. The molecule has 1 amide bonds. The summed E-state index contributed by atoms with van der Waals surface area (Å²) in [6.45, 7) is 9.06. The van der Waals surface area contributed by atoms with Gasteiger partial charge in [-0.3, -0.25) is 4.79 Å². The summed E-state index contributed by atoms with van der Waals surface area (Å²) >= 11 is 1.49. The van der Waals surface area contributed by atoms with E-state index in [1.165, 1.54) is 16.2 Å². The van der Waals surface area contributed by atoms with Gasteiger partial charge in [-0.1, -0.05) is 13.3 Å². The van der Waals surface area contributed by atoms with E-state index in [0.29, 0.717) is 17.1 Å². The predicted octanol–water partition coefficient (Wildman–Crippen LogP) is 3.21. The molecule has 1 rings (SSSR count). The maximum Gasteiger partial charge on any atom is 0.221 e. The highest BCUT2D eigenvalue weighted by atomic mass is 32.1. The molecule has 0 fully saturated rings. The zero-order valence-corrected chi connectivity index (χ0v) is 8.86. The number of thiophene rings is 1. The standard InChI is InChI=1S/C10H12N2OS/c1-3-4-5-8-6-9(11-2)10(14-8)12-7-13/h6-7H,3-5H2,1H3,(H,12,13). The molecular formula is C10H12N2OS. The summed E-state index contributed by atoms with van der Waals surface area (Å²) in [5.74, 6) is 0. The first-order valence-electron chi connectivity index (χ1n) is 4.52. The first-order chi connectivity index (χ1) is 6.81. The molecule has 0 aliphatic rings. The van der Waals surface area contributed by atoms with Crippen molar-refractivity contribution in [2.24, 2.45) is 0 Å². The van der Waals surface area contributed by atoms with Gasteiger partial charge in [-0.15, -0.1) is 11.3 Å². The molecule has 0 aliphatic carbocycles. The smallest absolute Gasteiger partial charge is 0.221 e. The number of amides is 1. The van der Waals surface area contributed by atoms with Crippen molar-refractivity contribution >= 4 is 28.4 Å². The van der Waals surface area contributed by atoms with Crippen LogP contribution in [0.1, 0.15) is 24.6 Å². The Morgan fingerprint density at radius 1 is 1.71 bits per heavy atom. The number of nitrogens with one attached hydrogen (secondary N) is 1. The van der Waals surface area contributed by atoms with Gasteiger partial charge < -0.3 is 5.32 Å². The van der Waals surface area contributed by atoms with Gasteiger partial charge in [0.2, 0.25) is 12.1 Å². The van der Waals surface area contributed by atoms with Crippen molar-refractivity contribution in [2.75, 3.05) is 5.32 Å². The average Bonchev–Trinajstić information content (AvgIpc) is 2.58. The lowest BCUT2D eigenvalue weighted by atomic mass is 10.2. The Bertz CT molecular complexity index is 351. The normalized spacial score (nSPS) is 9.43. The fourth-order valence-corrected chi connectivity index (χ4v) is 2.14. The van der Waals surface area contributed by atoms with Crippen molar-refractivity contribution < 1.29 is 4.79 Å². The first kappa shape index (κ1) is 10.7. The van der Waals surface area contributed by atoms with Gasteiger partial charge in [0.05, 0.1) is 11.6 Å². The molecule has 14 heavy (non-hydrogen) atoms. The van der Waals surface area contributed by atoms with Crippen LogP contribution in [0.4, 0.5) is 10.7 Å². The monoisotopic (exact) mass is 208 g/mol. The van der Waals surface area contributed by atoms with Gasteiger partial charge in [-0.25, -0.2) is 4.85 Å². The predicted molar refractivity (Wildman–Crippen MR) is 58.9 cm³/mol. The molecule has 1 aromatic rings. The van der Waals surface area contributed by atoms with Gasteiger partial charge in [-0.2, -0.15) is 0 Å². The number of hydrogen-bond acceptors (Lipinski definition) is 2. The summed E-state index contributed by atoms with van der Waals surface area (Å²) < 4.78 is 0. The molecule has 1 N–H and O–H groups in total. The molecule has 0 saturated heterocycles. The lowest BCUT2D eigenvalue weighted by molar-refractivity contribution is -0.105. The van der Waals surface area contributed by atoms with Crippen molar-refractivity contribution in [3.05, 3.63) is 22.4 Å². The van der Waals surface area contributed by atoms with Crippen molar-refractivity contribution in [3.63, 3.8) is 0 Å². The van der Waals surface area contributed by atoms with E-state index in [1.54, 1.807) is 0 Å². The molecule has 1 heterocycles. The summed E-state index contributed by atoms with van der Waals surface area (Å²) in [6.07, 6.45) is 3.87. The van der Waals surface area contributed by atoms with Crippen LogP contribution in [0.25, 0.3) is 4.85 Å². The van der Waals surface area contributed by atoms with Crippen molar-refractivity contribution in [2.45, 2.75) is 26.2 Å². The highest BCUT2D eigenvalue weighted by Crippen LogP contribution is 2.35. The van der Waals surface area contributed by atoms with Crippen molar-refractivity contribution in [1.29, 1.82) is 0 Å². The molecular weight excluding hydrogens is 196 g/mol. The van der Waals surface area contributed by atoms with Crippen LogP contribution < -0.4 is 5.32 Å². The third-order valence-electron chi connectivity index (χ3n) is 1.85. The summed E-state index contributed by atoms with van der Waals surface area (Å²) in [4.78, 5) is 14.8. The van der Waals surface area contributed by atoms with Crippen LogP contribution in [0.5, 0.6) is 0 Å². The highest BCUT2D eigenvalue weighted by Gasteiger charge is 2.07. The molecule has 0 aromatic carbocycles. The fraction of sp³-hybridized carbons (Fsp3) is 0.400. The van der Waals surface area contributed by atoms with E-state index in [2.05, 4.69) is 17.1 Å². The largest absolute Gasteiger partial charge is 0.329 e. The van der Waals surface area contributed by atoms with E-state index in [0.717, 1.165) is 19.3 Å². The summed E-state index contributed by atoms with van der Waals surface area (Å²) in [5, 5.41) is 3.22. The van der Waals surface area contributed by atoms with Gasteiger partial charge in [-0.05, 0) is 23.8 Å². The molecule has 1 aromatic heterocycles. The maximum absolute atomic E-state index is 10.3. The minimum Gasteiger partial charge on any atom is -0.329 e. The molecule has 0 aliphatic heterocycles. The lowest BCUT2D eigenvalue weighted by Crippen LogP contribution is -1.89. The topological polar surface area (TPSA) is 33.5 Å². The molecule has 0 radical (unpaired) electrons. The van der Waals surface area contributed by atoms with Crippen LogP contribution in [0.3, 0.4) is 0 Å². The highest BCUT2D eigenvalue weighted by molar-refractivity contribution is 7.17. The first-order valence-corrected chi connectivity index (χ1v) is 5.33. The Hall–Kier alpha value is -1.34. The van der Waals surface area contributed by atoms with Gasteiger partial charge in [0.25, 0.3) is 0 Å². The van der Waals surface area contributed by atoms with Gasteiger partial charge in [0.15, 0.2) is 0 Å². The second kappa shape index (κ2) is 5.40. The second-order valence-electron chi connectivity index (χ2n) is 2.90. The van der Waals surface area contributed by atoms with E-state index in [-0.39, 0.29) is 0 Å². The van der Waals surface area contributed by atoms with Gasteiger partial charge in [0.1, 0.15) is 0 Å². The number of rotatable bonds is 5. The summed E-state index contributed by atoms with van der Waals surface area (Å²) in [6, 6.07) is 1.86. The van der Waals surface area contributed by atoms with Crippen LogP contribution >= 0.6 is 11.3 Å². The van der Waals surface area contributed by atoms with Gasteiger partial charge >= 0.3 is 0 Å². The van der Waals surface area contributed by atoms with E-state index < -0.39 is 0 Å². The third kappa shape index (κ3) is 2.57. The van der Waals surface area contributed by atoms with Crippen LogP contribution in [0.2, 0.25) is 0 Å². The number of aryl methyl sites for hydroxylation is 1. The van der Waals surface area contributed by atoms with E-state index in [1.807, 2.05) is 6.07 Å². The number of nitrogens with zero attached hydrogens (tertiary/aromatic N) is 1. The molecule has 74 valence electrons. The average molecular weight is 208 g/mol. The van der Waals surface area contributed by atoms with Crippen molar-refractivity contribution in [3.8, 4) is 0 Å². The zero-order chi connectivity index (χ0) is 10.4. The molecule has 0 bridgehead atoms. The third-order valence-corrected chi connectivity index (χ3v) is 2.97. The maximum atomic E-state index is 10.3. The van der Waals surface area contributed by atoms with Crippen LogP contribution in [-0.4, -0.2) is 6.41 Å². The quantitative estimate of drug-likeness (QED) is 0.585. The van der Waals surface area contributed by atoms with Crippen LogP contribution in [-0.2, 0) is 11.2 Å². The Balaban J connectivity index is 2.79. The SMILES string of the molecule is [C-]#[N+]c1cc(CCCC)sc1NC=O. The van der Waals surface area contributed by atoms with Crippen LogP contribution in [0, 0.1) is 6.57 Å². The van der Waals surface area contributed by atoms with E-state index in [9.17, 15) is 4.79 Å². The number of unbranched alkanes of at least 4 members (excludes halogenated alkanes) is 1. The van der Waals surface area contributed by atoms with Crippen LogP contribution in [0.15, 0.2) is 6.07 Å². The number of anilines is 1. The summed E-state index contributed by atoms with van der Waals surface area (Å²) in [7, 11) is 0. The number of carbonyl (C=O) groups is 1. The van der Waals surface area contributed by atoms with Gasteiger partial charge in [0, 0.05) is 0 Å². The molecule has 4 heteroatoms. The van der Waals surface area contributed by atoms with E-state index in [4.69, 9.17) is 6.57 Å². The Labute approximate surface area is 87.6 Å². The molecule has 0 atom stereocenters. The molecule has 0 spiro atoms. The Morgan fingerprint density at radius 3 is 3.07 bits per heavy atom. The van der Waals surface area contributed by atoms with E-state index >= 15 is 0 Å². The molecule has 0 saturated carbocycles. The Morgan fingerprint density at radius 2 is 2.50 bits per heavy atom. The lowest BCUT2D eigenvalue weighted by Gasteiger charge is -1.93. The fourth-order valence-electron chi connectivity index (χ4n) is 1.15. The van der Waals surface area contributed by atoms with Crippen molar-refractivity contribution in [1.82, 2.24) is 0 Å². The minimum atomic E-state index is 0.549. The number of carbonyl (C=O) groups excluding carboxylic acids is 1. The Kier molecular flexibility index (Phi) is 4.14. The molecule has 0 unspecified atom stereocenters. The zero-order valence-electron chi connectivity index (χ0n) is 8.04. The number of hydrogen-bond donors (Lipinski definition) is 1. The summed E-state index contributed by atoms with van der Waals surface area (Å²) in [5.41, 5.74) is 0.549. The minimum absolute atomic E-state index is 0.549. The molecule has 3 nitrogen and oxygen atoms in total.